The van der Waals surface area contributed by atoms with Crippen molar-refractivity contribution in [3.05, 3.63) is 42.2 Å². The molecule has 0 spiro atoms. The first kappa shape index (κ1) is 17.5. The van der Waals surface area contributed by atoms with E-state index in [2.05, 4.69) is 15.5 Å². The zero-order valence-electron chi connectivity index (χ0n) is 14.4. The second-order valence-corrected chi connectivity index (χ2v) is 6.65. The molecule has 1 aromatic heterocycles. The number of likely N-dealkylation sites (tertiary alicyclic amines) is 1. The summed E-state index contributed by atoms with van der Waals surface area (Å²) in [6.07, 6.45) is 4.89. The van der Waals surface area contributed by atoms with Crippen LogP contribution in [-0.2, 0) is 17.8 Å². The molecule has 1 N–H and O–H groups in total. The van der Waals surface area contributed by atoms with Crippen LogP contribution in [0.4, 0.5) is 0 Å². The Morgan fingerprint density at radius 2 is 2.00 bits per heavy atom. The molecule has 25 heavy (non-hydrogen) atoms. The lowest BCUT2D eigenvalue weighted by Crippen LogP contribution is -2.41. The number of amides is 1. The van der Waals surface area contributed by atoms with Crippen LogP contribution in [0.1, 0.15) is 31.2 Å². The van der Waals surface area contributed by atoms with Crippen molar-refractivity contribution in [2.45, 2.75) is 44.8 Å². The van der Waals surface area contributed by atoms with Crippen LogP contribution in [-0.4, -0.2) is 55.3 Å². The predicted octanol–water partition coefficient (Wildman–Crippen LogP) is 1.30. The van der Waals surface area contributed by atoms with Gasteiger partial charge in [-0.1, -0.05) is 30.3 Å². The van der Waals surface area contributed by atoms with Crippen LogP contribution in [0.25, 0.3) is 0 Å². The van der Waals surface area contributed by atoms with Gasteiger partial charge < -0.3 is 10.0 Å². The number of carbonyl (C=O) groups excluding carboxylic acids is 1. The number of aromatic nitrogens is 4. The summed E-state index contributed by atoms with van der Waals surface area (Å²) >= 11 is 0. The second-order valence-electron chi connectivity index (χ2n) is 6.65. The molecule has 1 aromatic carbocycles. The molecule has 2 heterocycles. The number of hydrogen-bond acceptors (Lipinski definition) is 5. The van der Waals surface area contributed by atoms with E-state index in [4.69, 9.17) is 0 Å². The highest BCUT2D eigenvalue weighted by Gasteiger charge is 2.27. The van der Waals surface area contributed by atoms with Gasteiger partial charge in [0.2, 0.25) is 5.91 Å². The van der Waals surface area contributed by atoms with Crippen molar-refractivity contribution in [2.75, 3.05) is 13.1 Å². The van der Waals surface area contributed by atoms with E-state index in [1.54, 1.807) is 11.0 Å². The smallest absolute Gasteiger partial charge is 0.222 e. The van der Waals surface area contributed by atoms with Crippen LogP contribution >= 0.6 is 0 Å². The molecule has 1 fully saturated rings. The predicted molar refractivity (Wildman–Crippen MR) is 92.5 cm³/mol. The first-order chi connectivity index (χ1) is 12.2. The summed E-state index contributed by atoms with van der Waals surface area (Å²) in [6, 6.07) is 10.1. The van der Waals surface area contributed by atoms with Gasteiger partial charge in [0.25, 0.3) is 0 Å². The fourth-order valence-corrected chi connectivity index (χ4v) is 3.39. The minimum absolute atomic E-state index is 0.184. The zero-order valence-corrected chi connectivity index (χ0v) is 14.4. The molecule has 0 radical (unpaired) electrons. The molecule has 1 atom stereocenters. The summed E-state index contributed by atoms with van der Waals surface area (Å²) < 4.78 is 1.64. The van der Waals surface area contributed by atoms with E-state index in [9.17, 15) is 9.90 Å². The van der Waals surface area contributed by atoms with Crippen molar-refractivity contribution < 1.29 is 9.90 Å². The third-order valence-corrected chi connectivity index (χ3v) is 4.89. The molecule has 1 saturated heterocycles. The van der Waals surface area contributed by atoms with Gasteiger partial charge in [-0.15, -0.1) is 5.10 Å². The van der Waals surface area contributed by atoms with Crippen LogP contribution in [0.15, 0.2) is 36.7 Å². The highest BCUT2D eigenvalue weighted by atomic mass is 16.3. The molecule has 7 nitrogen and oxygen atoms in total. The van der Waals surface area contributed by atoms with Crippen molar-refractivity contribution in [3.63, 3.8) is 0 Å². The number of aliphatic hydroxyl groups excluding tert-OH is 1. The number of carbonyl (C=O) groups is 1. The summed E-state index contributed by atoms with van der Waals surface area (Å²) in [5.41, 5.74) is 1.16. The van der Waals surface area contributed by atoms with Crippen molar-refractivity contribution in [2.24, 2.45) is 5.92 Å². The number of piperidine rings is 1. The van der Waals surface area contributed by atoms with Crippen LogP contribution in [0.2, 0.25) is 0 Å². The van der Waals surface area contributed by atoms with Gasteiger partial charge in [-0.3, -0.25) is 4.79 Å². The molecule has 1 aliphatic heterocycles. The molecule has 0 saturated carbocycles. The van der Waals surface area contributed by atoms with Gasteiger partial charge >= 0.3 is 0 Å². The molecule has 2 aromatic rings. The molecular weight excluding hydrogens is 318 g/mol. The maximum absolute atomic E-state index is 12.3. The summed E-state index contributed by atoms with van der Waals surface area (Å²) in [4.78, 5) is 14.2. The highest BCUT2D eigenvalue weighted by Crippen LogP contribution is 2.23. The Bertz CT molecular complexity index is 639. The molecule has 1 aliphatic rings. The van der Waals surface area contributed by atoms with Crippen molar-refractivity contribution in [3.8, 4) is 0 Å². The monoisotopic (exact) mass is 343 g/mol. The van der Waals surface area contributed by atoms with Crippen LogP contribution in [0, 0.1) is 5.92 Å². The summed E-state index contributed by atoms with van der Waals surface area (Å²) in [7, 11) is 0. The number of aliphatic hydroxyl groups is 1. The number of rotatable bonds is 7. The molecule has 7 heteroatoms. The number of tetrazole rings is 1. The van der Waals surface area contributed by atoms with Gasteiger partial charge in [0.05, 0.1) is 6.10 Å². The van der Waals surface area contributed by atoms with Gasteiger partial charge in [-0.2, -0.15) is 0 Å². The van der Waals surface area contributed by atoms with Crippen LogP contribution < -0.4 is 0 Å². The SMILES string of the molecule is O=C(CCCn1cnnn1)N1CCC(C(O)Cc2ccccc2)CC1. The first-order valence-electron chi connectivity index (χ1n) is 8.93. The Balaban J connectivity index is 1.38. The standard InChI is InChI=1S/C18H25N5O2/c24-17(13-15-5-2-1-3-6-15)16-8-11-22(12-9-16)18(25)7-4-10-23-14-19-20-21-23/h1-3,5-6,14,16-17,24H,4,7-13H2. The minimum atomic E-state index is -0.334. The third kappa shape index (κ3) is 5.09. The van der Waals surface area contributed by atoms with Gasteiger partial charge in [-0.25, -0.2) is 4.68 Å². The van der Waals surface area contributed by atoms with E-state index >= 15 is 0 Å². The molecule has 134 valence electrons. The van der Waals surface area contributed by atoms with E-state index in [1.165, 1.54) is 0 Å². The Kier molecular flexibility index (Phi) is 6.11. The maximum Gasteiger partial charge on any atom is 0.222 e. The fourth-order valence-electron chi connectivity index (χ4n) is 3.39. The normalized spacial score (nSPS) is 16.8. The molecule has 1 amide bonds. The lowest BCUT2D eigenvalue weighted by Gasteiger charge is -2.34. The largest absolute Gasteiger partial charge is 0.392 e. The first-order valence-corrected chi connectivity index (χ1v) is 8.93. The lowest BCUT2D eigenvalue weighted by atomic mass is 9.88. The maximum atomic E-state index is 12.3. The van der Waals surface area contributed by atoms with E-state index in [0.717, 1.165) is 37.9 Å². The summed E-state index contributed by atoms with van der Waals surface area (Å²) in [5.74, 6) is 0.453. The topological polar surface area (TPSA) is 84.1 Å². The lowest BCUT2D eigenvalue weighted by molar-refractivity contribution is -0.133. The van der Waals surface area contributed by atoms with E-state index < -0.39 is 0 Å². The molecule has 0 aliphatic carbocycles. The number of hydrogen-bond donors (Lipinski definition) is 1. The minimum Gasteiger partial charge on any atom is -0.392 e. The second kappa shape index (κ2) is 8.71. The highest BCUT2D eigenvalue weighted by molar-refractivity contribution is 5.76. The number of aryl methyl sites for hydroxylation is 1. The summed E-state index contributed by atoms with van der Waals surface area (Å²) in [6.45, 7) is 2.13. The van der Waals surface area contributed by atoms with Crippen LogP contribution in [0.5, 0.6) is 0 Å². The average molecular weight is 343 g/mol. The van der Waals surface area contributed by atoms with Crippen molar-refractivity contribution in [1.29, 1.82) is 0 Å². The average Bonchev–Trinajstić information content (AvgIpc) is 3.16. The van der Waals surface area contributed by atoms with Crippen LogP contribution in [0.3, 0.4) is 0 Å². The molecule has 0 bridgehead atoms. The van der Waals surface area contributed by atoms with E-state index in [-0.39, 0.29) is 17.9 Å². The Morgan fingerprint density at radius 1 is 1.24 bits per heavy atom. The Morgan fingerprint density at radius 3 is 2.68 bits per heavy atom. The van der Waals surface area contributed by atoms with Crippen molar-refractivity contribution in [1.82, 2.24) is 25.1 Å². The summed E-state index contributed by atoms with van der Waals surface area (Å²) in [5, 5.41) is 21.4. The molecule has 3 rings (SSSR count). The van der Waals surface area contributed by atoms with Gasteiger partial charge in [0, 0.05) is 26.1 Å². The Labute approximate surface area is 147 Å². The number of nitrogens with zero attached hydrogens (tertiary/aromatic N) is 5. The van der Waals surface area contributed by atoms with E-state index in [1.807, 2.05) is 35.2 Å². The van der Waals surface area contributed by atoms with Gasteiger partial charge in [0.1, 0.15) is 6.33 Å². The van der Waals surface area contributed by atoms with Crippen molar-refractivity contribution >= 4 is 5.91 Å². The Hall–Kier alpha value is -2.28. The zero-order chi connectivity index (χ0) is 17.5. The van der Waals surface area contributed by atoms with Gasteiger partial charge in [-0.05, 0) is 47.6 Å². The van der Waals surface area contributed by atoms with E-state index in [0.29, 0.717) is 19.4 Å². The molecule has 1 unspecified atom stereocenters. The third-order valence-electron chi connectivity index (χ3n) is 4.89. The van der Waals surface area contributed by atoms with Gasteiger partial charge in [0.15, 0.2) is 0 Å². The quantitative estimate of drug-likeness (QED) is 0.819. The number of benzene rings is 1. The fraction of sp³-hybridized carbons (Fsp3) is 0.556. The molecular formula is C18H25N5O2.